The maximum absolute atomic E-state index is 13.2. The molecule has 0 radical (unpaired) electrons. The number of rotatable bonds is 3. The molecule has 2 bridgehead atoms. The molecule has 7 heteroatoms. The fourth-order valence-electron chi connectivity index (χ4n) is 4.35. The van der Waals surface area contributed by atoms with E-state index < -0.39 is 17.1 Å². The minimum Gasteiger partial charge on any atom is -0.381 e. The molecule has 4 fully saturated rings. The summed E-state index contributed by atoms with van der Waals surface area (Å²) >= 11 is 0. The van der Waals surface area contributed by atoms with E-state index in [1.807, 2.05) is 6.92 Å². The van der Waals surface area contributed by atoms with Crippen LogP contribution >= 0.6 is 0 Å². The smallest absolute Gasteiger partial charge is 0.381 e. The highest BCUT2D eigenvalue weighted by Crippen LogP contribution is 2.59. The summed E-state index contributed by atoms with van der Waals surface area (Å²) in [6, 6.07) is -0.249. The Bertz CT molecular complexity index is 436. The van der Waals surface area contributed by atoms with Gasteiger partial charge in [0.2, 0.25) is 0 Å². The van der Waals surface area contributed by atoms with Gasteiger partial charge in [-0.1, -0.05) is 0 Å². The van der Waals surface area contributed by atoms with Crippen molar-refractivity contribution in [2.45, 2.75) is 69.6 Å². The Morgan fingerprint density at radius 1 is 1.17 bits per heavy atom. The Balaban J connectivity index is 1.54. The van der Waals surface area contributed by atoms with Gasteiger partial charge in [-0.2, -0.15) is 13.2 Å². The normalized spacial score (nSPS) is 38.3. The molecule has 2 N–H and O–H groups in total. The standard InChI is InChI=1S/C16H25F3N2O2/c1-11(12-2-9-23-10-12)20-13(22)21-15-6-3-14(4-7-15,5-8-15)16(17,18)19/h11-12H,2-10H2,1H3,(H2,20,21,22)/t11-,12+,14?,15?/m1/s1. The van der Waals surface area contributed by atoms with Gasteiger partial charge in [0.1, 0.15) is 0 Å². The first-order chi connectivity index (χ1) is 10.8. The number of carbonyl (C=O) groups excluding carboxylic acids is 1. The van der Waals surface area contributed by atoms with Gasteiger partial charge in [-0.05, 0) is 51.9 Å². The lowest BCUT2D eigenvalue weighted by atomic mass is 9.57. The van der Waals surface area contributed by atoms with E-state index in [2.05, 4.69) is 10.6 Å². The Morgan fingerprint density at radius 2 is 1.78 bits per heavy atom. The number of alkyl halides is 3. The summed E-state index contributed by atoms with van der Waals surface area (Å²) in [6.45, 7) is 3.33. The van der Waals surface area contributed by atoms with E-state index in [9.17, 15) is 18.0 Å². The molecule has 2 atom stereocenters. The maximum Gasteiger partial charge on any atom is 0.394 e. The number of halogens is 3. The van der Waals surface area contributed by atoms with Gasteiger partial charge in [0.05, 0.1) is 12.0 Å². The molecular weight excluding hydrogens is 309 g/mol. The topological polar surface area (TPSA) is 50.4 Å². The summed E-state index contributed by atoms with van der Waals surface area (Å²) in [5.41, 5.74) is -1.97. The Labute approximate surface area is 134 Å². The molecule has 1 heterocycles. The first-order valence-corrected chi connectivity index (χ1v) is 8.49. The molecule has 0 unspecified atom stereocenters. The van der Waals surface area contributed by atoms with E-state index >= 15 is 0 Å². The summed E-state index contributed by atoms with van der Waals surface area (Å²) in [6.07, 6.45) is -1.56. The van der Waals surface area contributed by atoms with Gasteiger partial charge in [0.25, 0.3) is 0 Å². The minimum atomic E-state index is -4.13. The molecule has 132 valence electrons. The van der Waals surface area contributed by atoms with Crippen LogP contribution in [0.4, 0.5) is 18.0 Å². The molecule has 0 aromatic carbocycles. The van der Waals surface area contributed by atoms with Gasteiger partial charge in [-0.25, -0.2) is 4.79 Å². The monoisotopic (exact) mass is 334 g/mol. The third-order valence-corrected chi connectivity index (χ3v) is 6.26. The predicted molar refractivity (Wildman–Crippen MR) is 79.0 cm³/mol. The van der Waals surface area contributed by atoms with Crippen molar-refractivity contribution in [3.8, 4) is 0 Å². The lowest BCUT2D eigenvalue weighted by molar-refractivity contribution is -0.253. The van der Waals surface area contributed by atoms with Gasteiger partial charge >= 0.3 is 12.2 Å². The summed E-state index contributed by atoms with van der Waals surface area (Å²) in [4.78, 5) is 12.3. The van der Waals surface area contributed by atoms with Crippen LogP contribution in [0.15, 0.2) is 0 Å². The van der Waals surface area contributed by atoms with Crippen molar-refractivity contribution >= 4 is 6.03 Å². The van der Waals surface area contributed by atoms with E-state index in [0.717, 1.165) is 13.0 Å². The number of ether oxygens (including phenoxy) is 1. The first-order valence-electron chi connectivity index (χ1n) is 8.49. The van der Waals surface area contributed by atoms with Crippen molar-refractivity contribution in [2.75, 3.05) is 13.2 Å². The minimum absolute atomic E-state index is 0.00958. The van der Waals surface area contributed by atoms with Gasteiger partial charge < -0.3 is 15.4 Å². The van der Waals surface area contributed by atoms with Crippen molar-refractivity contribution in [1.29, 1.82) is 0 Å². The molecule has 0 aromatic heterocycles. The number of amides is 2. The molecule has 4 rings (SSSR count). The van der Waals surface area contributed by atoms with Crippen LogP contribution in [-0.4, -0.2) is 37.0 Å². The number of hydrogen-bond donors (Lipinski definition) is 2. The molecule has 3 aliphatic carbocycles. The van der Waals surface area contributed by atoms with E-state index in [1.54, 1.807) is 0 Å². The maximum atomic E-state index is 13.2. The third kappa shape index (κ3) is 3.16. The molecule has 1 aliphatic heterocycles. The summed E-state index contributed by atoms with van der Waals surface area (Å²) in [7, 11) is 0. The van der Waals surface area contributed by atoms with Crippen molar-refractivity contribution in [1.82, 2.24) is 10.6 Å². The van der Waals surface area contributed by atoms with Crippen molar-refractivity contribution in [2.24, 2.45) is 11.3 Å². The Morgan fingerprint density at radius 3 is 2.26 bits per heavy atom. The largest absolute Gasteiger partial charge is 0.394 e. The Hall–Kier alpha value is -0.980. The van der Waals surface area contributed by atoms with Crippen LogP contribution in [0.5, 0.6) is 0 Å². The number of urea groups is 1. The van der Waals surface area contributed by atoms with E-state index in [4.69, 9.17) is 4.74 Å². The summed E-state index contributed by atoms with van der Waals surface area (Å²) in [5.74, 6) is 0.314. The highest BCUT2D eigenvalue weighted by molar-refractivity contribution is 5.75. The second-order valence-electron chi connectivity index (χ2n) is 7.57. The van der Waals surface area contributed by atoms with Crippen molar-refractivity contribution in [3.05, 3.63) is 0 Å². The highest BCUT2D eigenvalue weighted by Gasteiger charge is 2.61. The SMILES string of the molecule is C[C@@H](NC(=O)NC12CCC(C(F)(F)F)(CC1)CC2)[C@H]1CCOC1. The molecule has 0 spiro atoms. The highest BCUT2D eigenvalue weighted by atomic mass is 19.4. The number of carbonyl (C=O) groups is 1. The number of fused-ring (bicyclic) bond motifs is 3. The van der Waals surface area contributed by atoms with Crippen LogP contribution in [0.2, 0.25) is 0 Å². The zero-order valence-corrected chi connectivity index (χ0v) is 13.5. The second-order valence-corrected chi connectivity index (χ2v) is 7.57. The van der Waals surface area contributed by atoms with Crippen LogP contribution in [-0.2, 0) is 4.74 Å². The molecule has 0 aromatic rings. The molecule has 4 nitrogen and oxygen atoms in total. The fraction of sp³-hybridized carbons (Fsp3) is 0.938. The van der Waals surface area contributed by atoms with Gasteiger partial charge in [0, 0.05) is 24.1 Å². The lowest BCUT2D eigenvalue weighted by Crippen LogP contribution is -2.62. The van der Waals surface area contributed by atoms with Crippen LogP contribution in [0, 0.1) is 11.3 Å². The summed E-state index contributed by atoms with van der Waals surface area (Å²) < 4.78 is 45.0. The molecule has 3 saturated carbocycles. The third-order valence-electron chi connectivity index (χ3n) is 6.26. The average Bonchev–Trinajstić information content (AvgIpc) is 3.01. The molecular formula is C16H25F3N2O2. The van der Waals surface area contributed by atoms with Gasteiger partial charge in [-0.3, -0.25) is 0 Å². The molecule has 4 aliphatic rings. The van der Waals surface area contributed by atoms with Gasteiger partial charge in [0.15, 0.2) is 0 Å². The van der Waals surface area contributed by atoms with Crippen molar-refractivity contribution in [3.63, 3.8) is 0 Å². The lowest BCUT2D eigenvalue weighted by Gasteiger charge is -2.53. The van der Waals surface area contributed by atoms with Crippen LogP contribution in [0.25, 0.3) is 0 Å². The zero-order valence-electron chi connectivity index (χ0n) is 13.5. The fourth-order valence-corrected chi connectivity index (χ4v) is 4.35. The molecule has 2 amide bonds. The van der Waals surface area contributed by atoms with E-state index in [1.165, 1.54) is 0 Å². The number of hydrogen-bond acceptors (Lipinski definition) is 2. The first kappa shape index (κ1) is 16.9. The van der Waals surface area contributed by atoms with Gasteiger partial charge in [-0.15, -0.1) is 0 Å². The zero-order chi connectivity index (χ0) is 16.7. The molecule has 23 heavy (non-hydrogen) atoms. The quantitative estimate of drug-likeness (QED) is 0.831. The second kappa shape index (κ2) is 5.83. The van der Waals surface area contributed by atoms with Crippen molar-refractivity contribution < 1.29 is 22.7 Å². The number of nitrogens with one attached hydrogen (secondary N) is 2. The summed E-state index contributed by atoms with van der Waals surface area (Å²) in [5, 5.41) is 5.92. The van der Waals surface area contributed by atoms with E-state index in [-0.39, 0.29) is 31.3 Å². The van der Waals surface area contributed by atoms with Crippen LogP contribution in [0.1, 0.15) is 51.9 Å². The Kier molecular flexibility index (Phi) is 4.27. The molecule has 1 saturated heterocycles. The average molecular weight is 334 g/mol. The van der Waals surface area contributed by atoms with Crippen LogP contribution in [0.3, 0.4) is 0 Å². The van der Waals surface area contributed by atoms with Crippen LogP contribution < -0.4 is 10.6 Å². The predicted octanol–water partition coefficient (Wildman–Crippen LogP) is 3.37. The van der Waals surface area contributed by atoms with E-state index in [0.29, 0.717) is 31.8 Å².